The molecule has 0 aliphatic carbocycles. The summed E-state index contributed by atoms with van der Waals surface area (Å²) in [5.74, 6) is 1.65. The van der Waals surface area contributed by atoms with E-state index in [0.717, 1.165) is 28.0 Å². The van der Waals surface area contributed by atoms with E-state index in [-0.39, 0.29) is 5.91 Å². The molecular formula is C16H17ClN2O2S. The predicted molar refractivity (Wildman–Crippen MR) is 91.6 cm³/mol. The van der Waals surface area contributed by atoms with Crippen molar-refractivity contribution >= 4 is 46.0 Å². The van der Waals surface area contributed by atoms with Crippen LogP contribution in [0.2, 0.25) is 5.02 Å². The third kappa shape index (κ3) is 2.93. The molecule has 0 saturated carbocycles. The molecule has 0 unspecified atom stereocenters. The summed E-state index contributed by atoms with van der Waals surface area (Å²) in [6, 6.07) is 7.29. The van der Waals surface area contributed by atoms with Crippen LogP contribution in [0, 0.1) is 6.92 Å². The van der Waals surface area contributed by atoms with Crippen molar-refractivity contribution in [1.82, 2.24) is 4.98 Å². The Balaban J connectivity index is 1.88. The van der Waals surface area contributed by atoms with E-state index in [4.69, 9.17) is 11.6 Å². The minimum absolute atomic E-state index is 0.376. The second kappa shape index (κ2) is 6.07. The lowest BCUT2D eigenvalue weighted by molar-refractivity contribution is -0.134. The topological polar surface area (TPSA) is 62.2 Å². The summed E-state index contributed by atoms with van der Waals surface area (Å²) in [4.78, 5) is 16.8. The summed E-state index contributed by atoms with van der Waals surface area (Å²) in [6.45, 7) is 1.95. The molecular weight excluding hydrogens is 320 g/mol. The van der Waals surface area contributed by atoms with Crippen LogP contribution >= 0.6 is 23.4 Å². The lowest BCUT2D eigenvalue weighted by Crippen LogP contribution is -2.45. The summed E-state index contributed by atoms with van der Waals surface area (Å²) in [5, 5.41) is 14.7. The van der Waals surface area contributed by atoms with Gasteiger partial charge in [-0.15, -0.1) is 0 Å². The van der Waals surface area contributed by atoms with Crippen molar-refractivity contribution in [1.29, 1.82) is 0 Å². The Hall–Kier alpha value is -1.30. The van der Waals surface area contributed by atoms with Crippen LogP contribution in [-0.2, 0) is 4.79 Å². The summed E-state index contributed by atoms with van der Waals surface area (Å²) in [6.07, 6.45) is 0.948. The number of hydrogen-bond acceptors (Lipinski definition) is 4. The molecule has 2 N–H and O–H groups in total. The van der Waals surface area contributed by atoms with Gasteiger partial charge in [-0.05, 0) is 55.0 Å². The Kier molecular flexibility index (Phi) is 4.30. The van der Waals surface area contributed by atoms with Crippen LogP contribution in [0.4, 0.5) is 5.82 Å². The molecule has 0 spiro atoms. The smallest absolute Gasteiger partial charge is 0.257 e. The molecule has 1 aromatic heterocycles. The van der Waals surface area contributed by atoms with Gasteiger partial charge in [-0.3, -0.25) is 4.79 Å². The molecule has 116 valence electrons. The van der Waals surface area contributed by atoms with Gasteiger partial charge in [-0.25, -0.2) is 4.98 Å². The van der Waals surface area contributed by atoms with Gasteiger partial charge in [0.25, 0.3) is 5.91 Å². The van der Waals surface area contributed by atoms with Crippen molar-refractivity contribution in [2.24, 2.45) is 0 Å². The number of carbonyl (C=O) groups excluding carboxylic acids is 1. The van der Waals surface area contributed by atoms with Crippen LogP contribution < -0.4 is 5.32 Å². The average molecular weight is 337 g/mol. The molecule has 6 heteroatoms. The third-order valence-electron chi connectivity index (χ3n) is 3.99. The Labute approximate surface area is 138 Å². The number of amides is 1. The third-order valence-corrected chi connectivity index (χ3v) is 5.31. The van der Waals surface area contributed by atoms with Crippen LogP contribution in [0.25, 0.3) is 10.9 Å². The highest BCUT2D eigenvalue weighted by Gasteiger charge is 2.37. The number of carbonyl (C=O) groups is 1. The largest absolute Gasteiger partial charge is 0.380 e. The minimum Gasteiger partial charge on any atom is -0.380 e. The Morgan fingerprint density at radius 2 is 2.05 bits per heavy atom. The number of nitrogens with one attached hydrogen (secondary N) is 1. The van der Waals surface area contributed by atoms with Crippen molar-refractivity contribution in [3.05, 3.63) is 34.9 Å². The number of hydrogen-bond donors (Lipinski definition) is 2. The summed E-state index contributed by atoms with van der Waals surface area (Å²) >= 11 is 7.92. The Bertz CT molecular complexity index is 729. The quantitative estimate of drug-likeness (QED) is 0.882. The molecule has 1 fully saturated rings. The lowest BCUT2D eigenvalue weighted by Gasteiger charge is -2.30. The van der Waals surface area contributed by atoms with E-state index >= 15 is 0 Å². The monoisotopic (exact) mass is 336 g/mol. The average Bonchev–Trinajstić information content (AvgIpc) is 2.52. The van der Waals surface area contributed by atoms with Crippen molar-refractivity contribution in [2.45, 2.75) is 25.4 Å². The van der Waals surface area contributed by atoms with Crippen LogP contribution in [0.1, 0.15) is 18.4 Å². The number of halogens is 1. The highest BCUT2D eigenvalue weighted by molar-refractivity contribution is 7.99. The normalized spacial score (nSPS) is 17.4. The molecule has 0 radical (unpaired) electrons. The van der Waals surface area contributed by atoms with Gasteiger partial charge in [0.2, 0.25) is 0 Å². The number of aromatic nitrogens is 1. The molecule has 22 heavy (non-hydrogen) atoms. The molecule has 2 aromatic rings. The van der Waals surface area contributed by atoms with E-state index in [1.807, 2.05) is 25.1 Å². The fourth-order valence-electron chi connectivity index (χ4n) is 2.56. The first-order valence-electron chi connectivity index (χ1n) is 7.17. The van der Waals surface area contributed by atoms with E-state index < -0.39 is 5.60 Å². The van der Waals surface area contributed by atoms with Gasteiger partial charge in [0, 0.05) is 10.4 Å². The van der Waals surface area contributed by atoms with Crippen molar-refractivity contribution < 1.29 is 9.90 Å². The highest BCUT2D eigenvalue weighted by atomic mass is 35.5. The number of pyridine rings is 1. The fraction of sp³-hybridized carbons (Fsp3) is 0.375. The Morgan fingerprint density at radius 3 is 2.77 bits per heavy atom. The van der Waals surface area contributed by atoms with E-state index in [1.165, 1.54) is 0 Å². The second-order valence-electron chi connectivity index (χ2n) is 5.56. The number of rotatable bonds is 2. The second-order valence-corrected chi connectivity index (χ2v) is 7.19. The molecule has 1 saturated heterocycles. The van der Waals surface area contributed by atoms with Gasteiger partial charge < -0.3 is 10.4 Å². The number of nitrogens with zero attached hydrogens (tertiary/aromatic N) is 1. The first-order valence-corrected chi connectivity index (χ1v) is 8.70. The number of thioether (sulfide) groups is 1. The maximum atomic E-state index is 12.3. The molecule has 1 amide bonds. The van der Waals surface area contributed by atoms with Gasteiger partial charge in [-0.2, -0.15) is 11.8 Å². The van der Waals surface area contributed by atoms with Gasteiger partial charge in [-0.1, -0.05) is 17.7 Å². The van der Waals surface area contributed by atoms with Crippen LogP contribution in [0.5, 0.6) is 0 Å². The number of anilines is 1. The van der Waals surface area contributed by atoms with E-state index in [0.29, 0.717) is 23.7 Å². The van der Waals surface area contributed by atoms with Crippen molar-refractivity contribution in [3.63, 3.8) is 0 Å². The zero-order valence-electron chi connectivity index (χ0n) is 12.2. The number of aryl methyl sites for hydroxylation is 1. The van der Waals surface area contributed by atoms with E-state index in [1.54, 1.807) is 17.8 Å². The molecule has 3 rings (SSSR count). The maximum Gasteiger partial charge on any atom is 0.257 e. The standard InChI is InChI=1S/C16H17ClN2O2S/c1-10-2-4-12(17)11-3-5-13(18-14(10)11)19-15(20)16(21)6-8-22-9-7-16/h2-5,21H,6-9H2,1H3,(H,18,19,20). The molecule has 4 nitrogen and oxygen atoms in total. The Morgan fingerprint density at radius 1 is 1.32 bits per heavy atom. The van der Waals surface area contributed by atoms with Crippen LogP contribution in [0.15, 0.2) is 24.3 Å². The van der Waals surface area contributed by atoms with Crippen LogP contribution in [0.3, 0.4) is 0 Å². The summed E-state index contributed by atoms with van der Waals surface area (Å²) < 4.78 is 0. The van der Waals surface area contributed by atoms with Crippen molar-refractivity contribution in [2.75, 3.05) is 16.8 Å². The highest BCUT2D eigenvalue weighted by Crippen LogP contribution is 2.29. The van der Waals surface area contributed by atoms with Gasteiger partial charge in [0.1, 0.15) is 11.4 Å². The molecule has 2 heterocycles. The van der Waals surface area contributed by atoms with Crippen LogP contribution in [-0.4, -0.2) is 33.1 Å². The molecule has 0 atom stereocenters. The number of fused-ring (bicyclic) bond motifs is 1. The van der Waals surface area contributed by atoms with Gasteiger partial charge in [0.15, 0.2) is 0 Å². The summed E-state index contributed by atoms with van der Waals surface area (Å²) in [7, 11) is 0. The first kappa shape index (κ1) is 15.6. The SMILES string of the molecule is Cc1ccc(Cl)c2ccc(NC(=O)C3(O)CCSCC3)nc12. The van der Waals surface area contributed by atoms with Crippen molar-refractivity contribution in [3.8, 4) is 0 Å². The first-order chi connectivity index (χ1) is 10.5. The zero-order chi connectivity index (χ0) is 15.7. The lowest BCUT2D eigenvalue weighted by atomic mass is 9.96. The molecule has 1 aliphatic rings. The fourth-order valence-corrected chi connectivity index (χ4v) is 3.94. The van der Waals surface area contributed by atoms with E-state index in [9.17, 15) is 9.90 Å². The predicted octanol–water partition coefficient (Wildman–Crippen LogP) is 3.39. The van der Waals surface area contributed by atoms with E-state index in [2.05, 4.69) is 10.3 Å². The van der Waals surface area contributed by atoms with Gasteiger partial charge in [0.05, 0.1) is 5.52 Å². The minimum atomic E-state index is -1.29. The number of benzene rings is 1. The van der Waals surface area contributed by atoms with Gasteiger partial charge >= 0.3 is 0 Å². The zero-order valence-corrected chi connectivity index (χ0v) is 13.8. The molecule has 1 aromatic carbocycles. The molecule has 0 bridgehead atoms. The maximum absolute atomic E-state index is 12.3. The number of aliphatic hydroxyl groups is 1. The molecule has 1 aliphatic heterocycles. The summed E-state index contributed by atoms with van der Waals surface area (Å²) in [5.41, 5.74) is 0.463.